The van der Waals surface area contributed by atoms with Crippen LogP contribution < -0.4 is 10.1 Å². The van der Waals surface area contributed by atoms with E-state index in [4.69, 9.17) is 4.74 Å². The van der Waals surface area contributed by atoms with E-state index in [1.165, 1.54) is 24.3 Å². The van der Waals surface area contributed by atoms with Crippen molar-refractivity contribution in [3.8, 4) is 5.75 Å². The zero-order chi connectivity index (χ0) is 14.5. The van der Waals surface area contributed by atoms with Crippen LogP contribution in [0.15, 0.2) is 24.3 Å². The van der Waals surface area contributed by atoms with Crippen molar-refractivity contribution in [3.63, 3.8) is 0 Å². The number of hydrogen-bond acceptors (Lipinski definition) is 4. The fourth-order valence-electron chi connectivity index (χ4n) is 2.17. The van der Waals surface area contributed by atoms with Gasteiger partial charge in [-0.3, -0.25) is 4.79 Å². The van der Waals surface area contributed by atoms with Crippen molar-refractivity contribution in [2.75, 3.05) is 13.2 Å². The number of hydrogen-bond donors (Lipinski definition) is 1. The van der Waals surface area contributed by atoms with E-state index in [9.17, 15) is 13.6 Å². The van der Waals surface area contributed by atoms with Crippen LogP contribution in [0, 0.1) is 0 Å². The molecule has 1 heterocycles. The first-order chi connectivity index (χ1) is 9.54. The molecule has 1 fully saturated rings. The molecule has 0 amide bonds. The number of ether oxygens (including phenoxy) is 2. The Morgan fingerprint density at radius 3 is 2.70 bits per heavy atom. The van der Waals surface area contributed by atoms with Crippen LogP contribution in [0.1, 0.15) is 23.7 Å². The first kappa shape index (κ1) is 14.9. The summed E-state index contributed by atoms with van der Waals surface area (Å²) in [7, 11) is 0. The van der Waals surface area contributed by atoms with E-state index in [0.29, 0.717) is 25.2 Å². The van der Waals surface area contributed by atoms with Gasteiger partial charge in [-0.2, -0.15) is 8.78 Å². The lowest BCUT2D eigenvalue weighted by molar-refractivity contribution is -0.0498. The summed E-state index contributed by atoms with van der Waals surface area (Å²) in [5.74, 6) is -0.00639. The van der Waals surface area contributed by atoms with Gasteiger partial charge >= 0.3 is 6.61 Å². The molecular weight excluding hydrogens is 268 g/mol. The Hall–Kier alpha value is -1.53. The smallest absolute Gasteiger partial charge is 0.387 e. The molecule has 1 aliphatic heterocycles. The second kappa shape index (κ2) is 6.76. The van der Waals surface area contributed by atoms with Crippen LogP contribution in [0.2, 0.25) is 0 Å². The molecule has 0 aliphatic carbocycles. The molecule has 110 valence electrons. The molecule has 2 unspecified atom stereocenters. The van der Waals surface area contributed by atoms with Crippen LogP contribution in [-0.2, 0) is 4.74 Å². The monoisotopic (exact) mass is 285 g/mol. The number of carbonyl (C=O) groups is 1. The number of benzene rings is 1. The highest BCUT2D eigenvalue weighted by Gasteiger charge is 2.21. The molecule has 2 atom stereocenters. The molecule has 1 aromatic carbocycles. The fraction of sp³-hybridized carbons (Fsp3) is 0.500. The molecule has 20 heavy (non-hydrogen) atoms. The van der Waals surface area contributed by atoms with Crippen molar-refractivity contribution in [1.29, 1.82) is 0 Å². The number of ketones is 1. The Labute approximate surface area is 116 Å². The zero-order valence-corrected chi connectivity index (χ0v) is 11.1. The normalized spacial score (nSPS) is 22.8. The van der Waals surface area contributed by atoms with E-state index in [2.05, 4.69) is 10.1 Å². The predicted octanol–water partition coefficient (Wildman–Crippen LogP) is 2.24. The second-order valence-electron chi connectivity index (χ2n) is 4.83. The summed E-state index contributed by atoms with van der Waals surface area (Å²) in [6, 6.07) is 5.94. The maximum Gasteiger partial charge on any atom is 0.387 e. The molecule has 1 aromatic rings. The Bertz CT molecular complexity index is 450. The lowest BCUT2D eigenvalue weighted by Crippen LogP contribution is -2.48. The minimum Gasteiger partial charge on any atom is -0.435 e. The highest BCUT2D eigenvalue weighted by Crippen LogP contribution is 2.16. The average molecular weight is 285 g/mol. The molecule has 0 spiro atoms. The summed E-state index contributed by atoms with van der Waals surface area (Å²) in [6.07, 6.45) is 0.319. The van der Waals surface area contributed by atoms with E-state index < -0.39 is 6.61 Å². The van der Waals surface area contributed by atoms with Gasteiger partial charge < -0.3 is 14.8 Å². The highest BCUT2D eigenvalue weighted by atomic mass is 19.3. The minimum absolute atomic E-state index is 0.0109. The van der Waals surface area contributed by atoms with E-state index in [-0.39, 0.29) is 23.6 Å². The molecule has 0 radical (unpaired) electrons. The van der Waals surface area contributed by atoms with Gasteiger partial charge in [-0.05, 0) is 31.2 Å². The predicted molar refractivity (Wildman–Crippen MR) is 69.2 cm³/mol. The fourth-order valence-corrected chi connectivity index (χ4v) is 2.17. The van der Waals surface area contributed by atoms with Crippen molar-refractivity contribution in [3.05, 3.63) is 29.8 Å². The molecule has 2 rings (SSSR count). The van der Waals surface area contributed by atoms with Crippen molar-refractivity contribution in [2.45, 2.75) is 32.0 Å². The topological polar surface area (TPSA) is 47.6 Å². The Morgan fingerprint density at radius 2 is 2.10 bits per heavy atom. The Balaban J connectivity index is 1.91. The zero-order valence-electron chi connectivity index (χ0n) is 11.1. The van der Waals surface area contributed by atoms with Gasteiger partial charge in [0.15, 0.2) is 5.78 Å². The van der Waals surface area contributed by atoms with E-state index >= 15 is 0 Å². The van der Waals surface area contributed by atoms with E-state index in [0.717, 1.165) is 0 Å². The number of halogens is 2. The van der Waals surface area contributed by atoms with Gasteiger partial charge in [0.2, 0.25) is 0 Å². The Morgan fingerprint density at radius 1 is 1.40 bits per heavy atom. The maximum atomic E-state index is 12.1. The molecule has 0 bridgehead atoms. The van der Waals surface area contributed by atoms with Crippen molar-refractivity contribution >= 4 is 5.78 Å². The number of carbonyl (C=O) groups excluding carboxylic acids is 1. The summed E-state index contributed by atoms with van der Waals surface area (Å²) in [5.41, 5.74) is 0.478. The van der Waals surface area contributed by atoms with Crippen LogP contribution in [-0.4, -0.2) is 37.7 Å². The van der Waals surface area contributed by atoms with Crippen LogP contribution in [0.25, 0.3) is 0 Å². The number of nitrogens with one attached hydrogen (secondary N) is 1. The SMILES string of the molecule is CC1COCC(CC(=O)c2ccc(OC(F)F)cc2)N1. The van der Waals surface area contributed by atoms with E-state index in [1.807, 2.05) is 6.92 Å². The van der Waals surface area contributed by atoms with E-state index in [1.54, 1.807) is 0 Å². The summed E-state index contributed by atoms with van der Waals surface area (Å²) < 4.78 is 33.6. The first-order valence-electron chi connectivity index (χ1n) is 6.46. The summed E-state index contributed by atoms with van der Waals surface area (Å²) >= 11 is 0. The number of alkyl halides is 2. The molecule has 1 aliphatic rings. The number of morpholine rings is 1. The van der Waals surface area contributed by atoms with Crippen molar-refractivity contribution in [1.82, 2.24) is 5.32 Å². The standard InChI is InChI=1S/C14H17F2NO3/c1-9-7-19-8-11(17-9)6-13(18)10-2-4-12(5-3-10)20-14(15)16/h2-5,9,11,14,17H,6-8H2,1H3. The third-order valence-electron chi connectivity index (χ3n) is 3.04. The summed E-state index contributed by atoms with van der Waals surface area (Å²) in [4.78, 5) is 12.1. The summed E-state index contributed by atoms with van der Waals surface area (Å²) in [5, 5.41) is 3.28. The lowest BCUT2D eigenvalue weighted by atomic mass is 10.0. The summed E-state index contributed by atoms with van der Waals surface area (Å²) in [6.45, 7) is 0.279. The quantitative estimate of drug-likeness (QED) is 0.843. The number of rotatable bonds is 5. The van der Waals surface area contributed by atoms with Crippen LogP contribution in [0.4, 0.5) is 8.78 Å². The third kappa shape index (κ3) is 4.25. The first-order valence-corrected chi connectivity index (χ1v) is 6.46. The second-order valence-corrected chi connectivity index (χ2v) is 4.83. The van der Waals surface area contributed by atoms with Gasteiger partial charge in [0.25, 0.3) is 0 Å². The maximum absolute atomic E-state index is 12.1. The van der Waals surface area contributed by atoms with Gasteiger partial charge in [0, 0.05) is 24.1 Å². The van der Waals surface area contributed by atoms with Crippen LogP contribution >= 0.6 is 0 Å². The van der Waals surface area contributed by atoms with Crippen molar-refractivity contribution in [2.24, 2.45) is 0 Å². The lowest BCUT2D eigenvalue weighted by Gasteiger charge is -2.28. The van der Waals surface area contributed by atoms with Gasteiger partial charge in [-0.1, -0.05) is 0 Å². The number of Topliss-reactive ketones (excluding diaryl/α,β-unsaturated/α-hetero) is 1. The molecule has 0 saturated carbocycles. The molecule has 1 N–H and O–H groups in total. The molecule has 0 aromatic heterocycles. The molecule has 1 saturated heterocycles. The van der Waals surface area contributed by atoms with Gasteiger partial charge in [0.05, 0.1) is 13.2 Å². The molecule has 4 nitrogen and oxygen atoms in total. The van der Waals surface area contributed by atoms with Crippen LogP contribution in [0.3, 0.4) is 0 Å². The van der Waals surface area contributed by atoms with Gasteiger partial charge in [-0.15, -0.1) is 0 Å². The Kier molecular flexibility index (Phi) is 5.03. The van der Waals surface area contributed by atoms with Crippen LogP contribution in [0.5, 0.6) is 5.75 Å². The molecular formula is C14H17F2NO3. The van der Waals surface area contributed by atoms with Crippen molar-refractivity contribution < 1.29 is 23.0 Å². The largest absolute Gasteiger partial charge is 0.435 e. The average Bonchev–Trinajstić information content (AvgIpc) is 2.38. The highest BCUT2D eigenvalue weighted by molar-refractivity contribution is 5.96. The van der Waals surface area contributed by atoms with Gasteiger partial charge in [0.1, 0.15) is 5.75 Å². The molecule has 6 heteroatoms. The minimum atomic E-state index is -2.86. The third-order valence-corrected chi connectivity index (χ3v) is 3.04. The van der Waals surface area contributed by atoms with Gasteiger partial charge in [-0.25, -0.2) is 0 Å².